The van der Waals surface area contributed by atoms with E-state index in [1.54, 1.807) is 43.8 Å². The zero-order valence-corrected chi connectivity index (χ0v) is 12.0. The van der Waals surface area contributed by atoms with Crippen LogP contribution in [0.3, 0.4) is 0 Å². The Morgan fingerprint density at radius 1 is 1.42 bits per heavy atom. The monoisotopic (exact) mass is 266 g/mol. The van der Waals surface area contributed by atoms with Crippen LogP contribution in [0.25, 0.3) is 0 Å². The molecule has 0 radical (unpaired) electrons. The van der Waals surface area contributed by atoms with Crippen molar-refractivity contribution in [2.45, 2.75) is 39.2 Å². The van der Waals surface area contributed by atoms with Gasteiger partial charge in [-0.2, -0.15) is 0 Å². The Morgan fingerprint density at radius 2 is 2.11 bits per heavy atom. The predicted octanol–water partition coefficient (Wildman–Crippen LogP) is 1.88. The van der Waals surface area contributed by atoms with E-state index in [0.29, 0.717) is 12.3 Å². The number of ether oxygens (including phenoxy) is 1. The highest BCUT2D eigenvalue weighted by atomic mass is 16.5. The largest absolute Gasteiger partial charge is 0.464 e. The molecule has 5 heteroatoms. The lowest BCUT2D eigenvalue weighted by molar-refractivity contribution is -0.150. The highest BCUT2D eigenvalue weighted by Gasteiger charge is 2.31. The van der Waals surface area contributed by atoms with Gasteiger partial charge in [-0.25, -0.2) is 4.79 Å². The van der Waals surface area contributed by atoms with Crippen molar-refractivity contribution in [1.29, 1.82) is 0 Å². The van der Waals surface area contributed by atoms with E-state index >= 15 is 0 Å². The van der Waals surface area contributed by atoms with Gasteiger partial charge in [0, 0.05) is 13.2 Å². The van der Waals surface area contributed by atoms with E-state index in [0.717, 1.165) is 12.8 Å². The number of esters is 1. The molecule has 0 aliphatic rings. The zero-order valence-electron chi connectivity index (χ0n) is 12.0. The molecule has 5 nitrogen and oxygen atoms in total. The first kappa shape index (κ1) is 15.3. The van der Waals surface area contributed by atoms with Gasteiger partial charge in [0.05, 0.1) is 6.61 Å². The van der Waals surface area contributed by atoms with Crippen LogP contribution in [-0.2, 0) is 16.6 Å². The van der Waals surface area contributed by atoms with Crippen LogP contribution in [0.1, 0.15) is 44.1 Å². The number of rotatable bonds is 6. The summed E-state index contributed by atoms with van der Waals surface area (Å²) in [5.41, 5.74) is -0.524. The first-order chi connectivity index (χ1) is 8.88. The van der Waals surface area contributed by atoms with Gasteiger partial charge in [-0.3, -0.25) is 4.79 Å². The number of carbonyl (C=O) groups is 2. The molecule has 0 atom stereocenters. The molecule has 1 N–H and O–H groups in total. The van der Waals surface area contributed by atoms with Crippen molar-refractivity contribution in [3.05, 3.63) is 24.0 Å². The number of nitrogens with one attached hydrogen (secondary N) is 1. The van der Waals surface area contributed by atoms with Gasteiger partial charge in [-0.1, -0.05) is 13.3 Å². The molecule has 0 fully saturated rings. The van der Waals surface area contributed by atoms with Crippen LogP contribution >= 0.6 is 0 Å². The molecule has 0 aliphatic carbocycles. The molecule has 1 aromatic rings. The van der Waals surface area contributed by atoms with Crippen molar-refractivity contribution in [2.75, 3.05) is 6.61 Å². The SMILES string of the molecule is CCCCOC(=O)C(C)(C)NC(=O)c1cccn1C. The Morgan fingerprint density at radius 3 is 2.63 bits per heavy atom. The third kappa shape index (κ3) is 4.12. The second-order valence-electron chi connectivity index (χ2n) is 5.07. The lowest BCUT2D eigenvalue weighted by Gasteiger charge is -2.24. The lowest BCUT2D eigenvalue weighted by Crippen LogP contribution is -2.51. The van der Waals surface area contributed by atoms with Crippen molar-refractivity contribution in [3.63, 3.8) is 0 Å². The molecule has 1 amide bonds. The van der Waals surface area contributed by atoms with Gasteiger partial charge in [0.2, 0.25) is 0 Å². The first-order valence-corrected chi connectivity index (χ1v) is 6.49. The van der Waals surface area contributed by atoms with Gasteiger partial charge in [0.15, 0.2) is 0 Å². The molecule has 0 aliphatic heterocycles. The highest BCUT2D eigenvalue weighted by molar-refractivity contribution is 5.96. The minimum atomic E-state index is -1.03. The summed E-state index contributed by atoms with van der Waals surface area (Å²) >= 11 is 0. The molecule has 0 bridgehead atoms. The van der Waals surface area contributed by atoms with Crippen LogP contribution < -0.4 is 5.32 Å². The summed E-state index contributed by atoms with van der Waals surface area (Å²) in [5, 5.41) is 2.69. The minimum absolute atomic E-state index is 0.287. The van der Waals surface area contributed by atoms with Crippen LogP contribution in [0.5, 0.6) is 0 Å². The second kappa shape index (κ2) is 6.41. The molecule has 0 spiro atoms. The van der Waals surface area contributed by atoms with Crippen molar-refractivity contribution < 1.29 is 14.3 Å². The Labute approximate surface area is 113 Å². The Bertz CT molecular complexity index is 449. The molecular formula is C14H22N2O3. The average Bonchev–Trinajstić information content (AvgIpc) is 2.75. The topological polar surface area (TPSA) is 60.3 Å². The second-order valence-corrected chi connectivity index (χ2v) is 5.07. The fraction of sp³-hybridized carbons (Fsp3) is 0.571. The summed E-state index contributed by atoms with van der Waals surface area (Å²) in [4.78, 5) is 23.9. The lowest BCUT2D eigenvalue weighted by atomic mass is 10.1. The molecule has 0 aromatic carbocycles. The smallest absolute Gasteiger partial charge is 0.331 e. The van der Waals surface area contributed by atoms with Gasteiger partial charge in [-0.05, 0) is 32.4 Å². The maximum atomic E-state index is 12.0. The van der Waals surface area contributed by atoms with Gasteiger partial charge in [0.25, 0.3) is 5.91 Å². The highest BCUT2D eigenvalue weighted by Crippen LogP contribution is 2.09. The number of hydrogen-bond donors (Lipinski definition) is 1. The third-order valence-electron chi connectivity index (χ3n) is 2.84. The molecule has 1 aromatic heterocycles. The van der Waals surface area contributed by atoms with Gasteiger partial charge in [-0.15, -0.1) is 0 Å². The number of carbonyl (C=O) groups excluding carboxylic acids is 2. The molecule has 0 saturated carbocycles. The zero-order chi connectivity index (χ0) is 14.5. The minimum Gasteiger partial charge on any atom is -0.464 e. The summed E-state index contributed by atoms with van der Waals surface area (Å²) in [7, 11) is 1.78. The summed E-state index contributed by atoms with van der Waals surface area (Å²) in [6, 6.07) is 3.48. The molecule has 106 valence electrons. The number of hydrogen-bond acceptors (Lipinski definition) is 3. The Kier molecular flexibility index (Phi) is 5.15. The van der Waals surface area contributed by atoms with Crippen LogP contribution in [0.15, 0.2) is 18.3 Å². The third-order valence-corrected chi connectivity index (χ3v) is 2.84. The van der Waals surface area contributed by atoms with Gasteiger partial charge < -0.3 is 14.6 Å². The van der Waals surface area contributed by atoms with E-state index in [1.807, 2.05) is 6.92 Å². The van der Waals surface area contributed by atoms with Crippen molar-refractivity contribution in [3.8, 4) is 0 Å². The number of nitrogens with zero attached hydrogens (tertiary/aromatic N) is 1. The number of aromatic nitrogens is 1. The normalized spacial score (nSPS) is 11.2. The molecule has 1 rings (SSSR count). The number of unbranched alkanes of at least 4 members (excludes halogenated alkanes) is 1. The van der Waals surface area contributed by atoms with E-state index < -0.39 is 11.5 Å². The average molecular weight is 266 g/mol. The van der Waals surface area contributed by atoms with Crippen molar-refractivity contribution in [2.24, 2.45) is 7.05 Å². The van der Waals surface area contributed by atoms with Crippen molar-refractivity contribution in [1.82, 2.24) is 9.88 Å². The maximum Gasteiger partial charge on any atom is 0.331 e. The predicted molar refractivity (Wildman–Crippen MR) is 72.8 cm³/mol. The Hall–Kier alpha value is -1.78. The number of aryl methyl sites for hydroxylation is 1. The van der Waals surface area contributed by atoms with Crippen molar-refractivity contribution >= 4 is 11.9 Å². The number of amides is 1. The van der Waals surface area contributed by atoms with Crippen LogP contribution in [0, 0.1) is 0 Å². The van der Waals surface area contributed by atoms with Crippen LogP contribution in [0.4, 0.5) is 0 Å². The fourth-order valence-electron chi connectivity index (χ4n) is 1.59. The summed E-state index contributed by atoms with van der Waals surface area (Å²) in [5.74, 6) is -0.701. The summed E-state index contributed by atoms with van der Waals surface area (Å²) < 4.78 is 6.84. The summed E-state index contributed by atoms with van der Waals surface area (Å²) in [6.07, 6.45) is 3.57. The standard InChI is InChI=1S/C14H22N2O3/c1-5-6-10-19-13(18)14(2,3)15-12(17)11-8-7-9-16(11)4/h7-9H,5-6,10H2,1-4H3,(H,15,17). The maximum absolute atomic E-state index is 12.0. The van der Waals surface area contributed by atoms with Crippen LogP contribution in [0.2, 0.25) is 0 Å². The van der Waals surface area contributed by atoms with E-state index in [-0.39, 0.29) is 5.91 Å². The molecule has 0 unspecified atom stereocenters. The van der Waals surface area contributed by atoms with Gasteiger partial charge >= 0.3 is 5.97 Å². The van der Waals surface area contributed by atoms with E-state index in [2.05, 4.69) is 5.32 Å². The molecule has 0 saturated heterocycles. The van der Waals surface area contributed by atoms with E-state index in [1.165, 1.54) is 0 Å². The summed E-state index contributed by atoms with van der Waals surface area (Å²) in [6.45, 7) is 5.69. The first-order valence-electron chi connectivity index (χ1n) is 6.49. The molecular weight excluding hydrogens is 244 g/mol. The van der Waals surface area contributed by atoms with Crippen LogP contribution in [-0.4, -0.2) is 28.6 Å². The molecule has 19 heavy (non-hydrogen) atoms. The quantitative estimate of drug-likeness (QED) is 0.631. The van der Waals surface area contributed by atoms with E-state index in [9.17, 15) is 9.59 Å². The van der Waals surface area contributed by atoms with E-state index in [4.69, 9.17) is 4.74 Å². The molecule has 1 heterocycles. The van der Waals surface area contributed by atoms with Gasteiger partial charge in [0.1, 0.15) is 11.2 Å². The Balaban J connectivity index is 2.61. The fourth-order valence-corrected chi connectivity index (χ4v) is 1.59.